The van der Waals surface area contributed by atoms with Crippen LogP contribution in [-0.4, -0.2) is 14.2 Å². The molecule has 0 N–H and O–H groups in total. The number of benzene rings is 2. The van der Waals surface area contributed by atoms with Gasteiger partial charge in [0.15, 0.2) is 0 Å². The van der Waals surface area contributed by atoms with Gasteiger partial charge in [0.2, 0.25) is 0 Å². The molecule has 124 valence electrons. The average molecular weight is 480 g/mol. The molecule has 0 aliphatic heterocycles. The van der Waals surface area contributed by atoms with Crippen LogP contribution in [0.1, 0.15) is 11.1 Å². The van der Waals surface area contributed by atoms with E-state index in [1.807, 2.05) is 36.4 Å². The molecule has 0 aliphatic rings. The van der Waals surface area contributed by atoms with Crippen molar-refractivity contribution in [3.05, 3.63) is 56.5 Å². The zero-order valence-electron chi connectivity index (χ0n) is 12.7. The van der Waals surface area contributed by atoms with Crippen LogP contribution in [0, 0.1) is 0 Å². The molecule has 0 saturated carbocycles. The van der Waals surface area contributed by atoms with Crippen LogP contribution in [0.3, 0.4) is 0 Å². The SMILES string of the molecule is COCc1c(Br)cccc1SOSc1cccc(Br)c1COC. The van der Waals surface area contributed by atoms with Crippen molar-refractivity contribution in [2.24, 2.45) is 0 Å². The first kappa shape index (κ1) is 19.3. The van der Waals surface area contributed by atoms with E-state index in [2.05, 4.69) is 31.9 Å². The van der Waals surface area contributed by atoms with Gasteiger partial charge in [-0.3, -0.25) is 0 Å². The largest absolute Gasteiger partial charge is 0.380 e. The molecule has 0 bridgehead atoms. The molecular weight excluding hydrogens is 464 g/mol. The summed E-state index contributed by atoms with van der Waals surface area (Å²) >= 11 is 9.75. The highest BCUT2D eigenvalue weighted by molar-refractivity contribution is 9.10. The Morgan fingerprint density at radius 2 is 1.22 bits per heavy atom. The summed E-state index contributed by atoms with van der Waals surface area (Å²) in [4.78, 5) is 2.05. The van der Waals surface area contributed by atoms with Crippen LogP contribution in [-0.2, 0) is 26.3 Å². The average Bonchev–Trinajstić information content (AvgIpc) is 2.54. The Bertz CT molecular complexity index is 598. The minimum absolute atomic E-state index is 0.531. The highest BCUT2D eigenvalue weighted by atomic mass is 79.9. The number of rotatable bonds is 8. The fourth-order valence-electron chi connectivity index (χ4n) is 1.89. The van der Waals surface area contributed by atoms with Crippen molar-refractivity contribution in [3.8, 4) is 0 Å². The number of hydrogen-bond acceptors (Lipinski definition) is 5. The predicted molar refractivity (Wildman–Crippen MR) is 103 cm³/mol. The molecule has 2 aromatic rings. The molecule has 0 radical (unpaired) electrons. The minimum atomic E-state index is 0.531. The van der Waals surface area contributed by atoms with Gasteiger partial charge in [0.1, 0.15) is 0 Å². The van der Waals surface area contributed by atoms with Gasteiger partial charge in [-0.05, 0) is 24.3 Å². The predicted octanol–water partition coefficient (Wildman–Crippen LogP) is 6.24. The standard InChI is InChI=1S/C16H16Br2O3S2/c1-19-9-11-13(17)5-3-7-15(11)22-21-23-16-8-4-6-14(18)12(16)10-20-2/h3-8H,9-10H2,1-2H3. The Labute approximate surface area is 162 Å². The lowest BCUT2D eigenvalue weighted by molar-refractivity contribution is 0.182. The lowest BCUT2D eigenvalue weighted by atomic mass is 10.2. The topological polar surface area (TPSA) is 27.7 Å². The van der Waals surface area contributed by atoms with E-state index in [1.54, 1.807) is 14.2 Å². The van der Waals surface area contributed by atoms with Gasteiger partial charge in [-0.2, -0.15) is 0 Å². The summed E-state index contributed by atoms with van der Waals surface area (Å²) in [5.74, 6) is 0. The molecule has 0 unspecified atom stereocenters. The van der Waals surface area contributed by atoms with E-state index in [4.69, 9.17) is 13.1 Å². The maximum absolute atomic E-state index is 5.77. The summed E-state index contributed by atoms with van der Waals surface area (Å²) in [5.41, 5.74) is 2.15. The first-order valence-corrected chi connectivity index (χ1v) is 9.78. The van der Waals surface area contributed by atoms with Crippen molar-refractivity contribution in [1.29, 1.82) is 0 Å². The molecule has 0 aliphatic carbocycles. The van der Waals surface area contributed by atoms with Crippen molar-refractivity contribution < 1.29 is 13.1 Å². The van der Waals surface area contributed by atoms with Crippen molar-refractivity contribution in [3.63, 3.8) is 0 Å². The summed E-state index contributed by atoms with van der Waals surface area (Å²) in [6, 6.07) is 12.0. The van der Waals surface area contributed by atoms with Gasteiger partial charge in [0, 0.05) is 68.2 Å². The lowest BCUT2D eigenvalue weighted by Gasteiger charge is -2.11. The van der Waals surface area contributed by atoms with Gasteiger partial charge in [0.05, 0.1) is 13.2 Å². The second kappa shape index (κ2) is 10.1. The van der Waals surface area contributed by atoms with E-state index < -0.39 is 0 Å². The van der Waals surface area contributed by atoms with Gasteiger partial charge < -0.3 is 9.47 Å². The maximum Gasteiger partial charge on any atom is 0.0735 e. The Morgan fingerprint density at radius 1 is 0.783 bits per heavy atom. The molecular formula is C16H16Br2O3S2. The Kier molecular flexibility index (Phi) is 8.46. The fourth-order valence-corrected chi connectivity index (χ4v) is 4.65. The number of ether oxygens (including phenoxy) is 2. The Balaban J connectivity index is 2.06. The van der Waals surface area contributed by atoms with Gasteiger partial charge in [0.25, 0.3) is 0 Å². The van der Waals surface area contributed by atoms with Crippen LogP contribution in [0.2, 0.25) is 0 Å². The second-order valence-electron chi connectivity index (χ2n) is 4.53. The molecule has 3 nitrogen and oxygen atoms in total. The molecule has 0 fully saturated rings. The van der Waals surface area contributed by atoms with E-state index in [1.165, 1.54) is 24.1 Å². The van der Waals surface area contributed by atoms with Crippen LogP contribution in [0.4, 0.5) is 0 Å². The van der Waals surface area contributed by atoms with Gasteiger partial charge >= 0.3 is 0 Å². The first-order chi connectivity index (χ1) is 11.2. The van der Waals surface area contributed by atoms with E-state index in [9.17, 15) is 0 Å². The Morgan fingerprint density at radius 3 is 1.61 bits per heavy atom. The molecule has 2 rings (SSSR count). The van der Waals surface area contributed by atoms with Crippen LogP contribution < -0.4 is 0 Å². The number of hydrogen-bond donors (Lipinski definition) is 0. The third kappa shape index (κ3) is 5.49. The van der Waals surface area contributed by atoms with Gasteiger partial charge in [-0.1, -0.05) is 44.0 Å². The van der Waals surface area contributed by atoms with Gasteiger partial charge in [-0.25, -0.2) is 3.63 Å². The molecule has 0 amide bonds. The monoisotopic (exact) mass is 478 g/mol. The molecule has 0 heterocycles. The van der Waals surface area contributed by atoms with Crippen LogP contribution in [0.5, 0.6) is 0 Å². The molecule has 0 aromatic heterocycles. The third-order valence-electron chi connectivity index (χ3n) is 2.98. The third-order valence-corrected chi connectivity index (χ3v) is 6.13. The normalized spacial score (nSPS) is 11.0. The van der Waals surface area contributed by atoms with Crippen molar-refractivity contribution in [2.75, 3.05) is 14.2 Å². The molecule has 2 aromatic carbocycles. The zero-order valence-corrected chi connectivity index (χ0v) is 17.5. The summed E-state index contributed by atoms with van der Waals surface area (Å²) in [6.07, 6.45) is 0. The highest BCUT2D eigenvalue weighted by Gasteiger charge is 2.11. The van der Waals surface area contributed by atoms with Crippen molar-refractivity contribution >= 4 is 55.9 Å². The molecule has 7 heteroatoms. The summed E-state index contributed by atoms with van der Waals surface area (Å²) in [7, 11) is 3.37. The second-order valence-corrected chi connectivity index (χ2v) is 8.00. The van der Waals surface area contributed by atoms with Crippen LogP contribution in [0.15, 0.2) is 55.1 Å². The smallest absolute Gasteiger partial charge is 0.0735 e. The summed E-state index contributed by atoms with van der Waals surface area (Å²) in [6.45, 7) is 1.06. The minimum Gasteiger partial charge on any atom is -0.380 e. The van der Waals surface area contributed by atoms with Crippen LogP contribution >= 0.6 is 55.9 Å². The lowest BCUT2D eigenvalue weighted by Crippen LogP contribution is -1.93. The van der Waals surface area contributed by atoms with E-state index in [0.717, 1.165) is 29.9 Å². The number of methoxy groups -OCH3 is 2. The van der Waals surface area contributed by atoms with Crippen molar-refractivity contribution in [1.82, 2.24) is 0 Å². The molecule has 0 atom stereocenters. The van der Waals surface area contributed by atoms with E-state index >= 15 is 0 Å². The highest BCUT2D eigenvalue weighted by Crippen LogP contribution is 2.37. The first-order valence-electron chi connectivity index (χ1n) is 6.71. The fraction of sp³-hybridized carbons (Fsp3) is 0.250. The molecule has 23 heavy (non-hydrogen) atoms. The van der Waals surface area contributed by atoms with Crippen LogP contribution in [0.25, 0.3) is 0 Å². The Hall–Kier alpha value is -0.0200. The number of halogens is 2. The van der Waals surface area contributed by atoms with E-state index in [0.29, 0.717) is 13.2 Å². The molecule has 0 spiro atoms. The molecule has 0 saturated heterocycles. The quantitative estimate of drug-likeness (QED) is 0.418. The summed E-state index contributed by atoms with van der Waals surface area (Å²) < 4.78 is 18.3. The van der Waals surface area contributed by atoms with Crippen molar-refractivity contribution in [2.45, 2.75) is 23.0 Å². The summed E-state index contributed by atoms with van der Waals surface area (Å²) in [5, 5.41) is 0. The maximum atomic E-state index is 5.77. The zero-order chi connectivity index (χ0) is 16.7. The van der Waals surface area contributed by atoms with E-state index in [-0.39, 0.29) is 0 Å². The van der Waals surface area contributed by atoms with Gasteiger partial charge in [-0.15, -0.1) is 0 Å².